The summed E-state index contributed by atoms with van der Waals surface area (Å²) in [6, 6.07) is 2.22. The third-order valence-electron chi connectivity index (χ3n) is 5.20. The van der Waals surface area contributed by atoms with Crippen LogP contribution in [0.4, 0.5) is 33.5 Å². The van der Waals surface area contributed by atoms with E-state index in [1.807, 2.05) is 0 Å². The zero-order chi connectivity index (χ0) is 26.2. The van der Waals surface area contributed by atoms with Gasteiger partial charge in [0.05, 0.1) is 21.7 Å². The Kier molecular flexibility index (Phi) is 6.67. The largest absolute Gasteiger partial charge is 0.451 e. The van der Waals surface area contributed by atoms with Crippen LogP contribution < -0.4 is 11.1 Å². The molecule has 4 aromatic rings. The molecule has 3 heterocycles. The molecule has 0 radical (unpaired) electrons. The normalized spacial score (nSPS) is 13.1. The Hall–Kier alpha value is -4.01. The first-order valence-corrected chi connectivity index (χ1v) is 10.8. The SMILES string of the molecule is CC(/C(=C/Nc1ccc(F)cc1F)N=N)n1c(Br)c(-c2cnc(C(F)(F)F)nc2)c2c(N)ncnc21. The Balaban J connectivity index is 1.82. The highest BCUT2D eigenvalue weighted by molar-refractivity contribution is 9.10. The van der Waals surface area contributed by atoms with Gasteiger partial charge in [-0.2, -0.15) is 18.3 Å². The number of nitrogens with zero attached hydrogens (tertiary/aromatic N) is 6. The van der Waals surface area contributed by atoms with E-state index in [1.165, 1.54) is 18.6 Å². The first-order valence-electron chi connectivity index (χ1n) is 10.0. The van der Waals surface area contributed by atoms with Crippen molar-refractivity contribution in [3.8, 4) is 11.1 Å². The molecule has 1 unspecified atom stereocenters. The molecule has 1 atom stereocenters. The van der Waals surface area contributed by atoms with Crippen LogP contribution in [-0.4, -0.2) is 24.5 Å². The van der Waals surface area contributed by atoms with Crippen molar-refractivity contribution in [2.24, 2.45) is 5.11 Å². The third-order valence-corrected chi connectivity index (χ3v) is 5.98. The Bertz CT molecular complexity index is 1480. The highest BCUT2D eigenvalue weighted by atomic mass is 79.9. The molecule has 0 amide bonds. The number of aromatic nitrogens is 5. The molecule has 36 heavy (non-hydrogen) atoms. The van der Waals surface area contributed by atoms with Gasteiger partial charge in [-0.15, -0.1) is 0 Å². The Morgan fingerprint density at radius 3 is 2.50 bits per heavy atom. The maximum Gasteiger partial charge on any atom is 0.451 e. The molecule has 1 aromatic carbocycles. The van der Waals surface area contributed by atoms with Crippen molar-refractivity contribution < 1.29 is 22.0 Å². The summed E-state index contributed by atoms with van der Waals surface area (Å²) in [5.41, 5.74) is 14.6. The maximum atomic E-state index is 14.0. The fourth-order valence-electron chi connectivity index (χ4n) is 3.49. The van der Waals surface area contributed by atoms with Crippen LogP contribution in [-0.2, 0) is 6.18 Å². The molecule has 3 aromatic heterocycles. The van der Waals surface area contributed by atoms with E-state index in [4.69, 9.17) is 11.3 Å². The minimum Gasteiger partial charge on any atom is -0.383 e. The molecule has 9 nitrogen and oxygen atoms in total. The quantitative estimate of drug-likeness (QED) is 0.191. The number of hydrogen-bond donors (Lipinski definition) is 3. The minimum absolute atomic E-state index is 0.0430. The van der Waals surface area contributed by atoms with E-state index in [-0.39, 0.29) is 28.4 Å². The van der Waals surface area contributed by atoms with Crippen LogP contribution >= 0.6 is 15.9 Å². The number of rotatable bonds is 6. The minimum atomic E-state index is -4.72. The highest BCUT2D eigenvalue weighted by Gasteiger charge is 2.34. The summed E-state index contributed by atoms with van der Waals surface area (Å²) in [5.74, 6) is -2.86. The number of alkyl halides is 3. The van der Waals surface area contributed by atoms with Gasteiger partial charge in [0.2, 0.25) is 5.82 Å². The molecular formula is C21H15BrF5N9. The fraction of sp³-hybridized carbons (Fsp3) is 0.143. The molecule has 0 spiro atoms. The smallest absolute Gasteiger partial charge is 0.383 e. The lowest BCUT2D eigenvalue weighted by molar-refractivity contribution is -0.144. The third kappa shape index (κ3) is 4.60. The molecule has 0 aliphatic carbocycles. The van der Waals surface area contributed by atoms with Gasteiger partial charge < -0.3 is 15.6 Å². The number of nitrogens with one attached hydrogen (secondary N) is 2. The first-order chi connectivity index (χ1) is 17.0. The van der Waals surface area contributed by atoms with Gasteiger partial charge >= 0.3 is 6.18 Å². The van der Waals surface area contributed by atoms with E-state index in [9.17, 15) is 22.0 Å². The van der Waals surface area contributed by atoms with Gasteiger partial charge in [-0.1, -0.05) is 0 Å². The summed E-state index contributed by atoms with van der Waals surface area (Å²) in [4.78, 5) is 15.0. The van der Waals surface area contributed by atoms with Crippen LogP contribution in [0.1, 0.15) is 18.8 Å². The number of anilines is 2. The second-order valence-corrected chi connectivity index (χ2v) is 8.16. The first kappa shape index (κ1) is 25.1. The van der Waals surface area contributed by atoms with E-state index in [2.05, 4.69) is 46.3 Å². The van der Waals surface area contributed by atoms with Gasteiger partial charge in [-0.3, -0.25) is 0 Å². The molecule has 186 valence electrons. The fourth-order valence-corrected chi connectivity index (χ4v) is 4.39. The molecule has 0 bridgehead atoms. The summed E-state index contributed by atoms with van der Waals surface area (Å²) in [6.07, 6.45) is -0.249. The number of benzene rings is 1. The van der Waals surface area contributed by atoms with Gasteiger partial charge in [0, 0.05) is 35.8 Å². The Morgan fingerprint density at radius 1 is 1.19 bits per heavy atom. The van der Waals surface area contributed by atoms with Gasteiger partial charge in [0.1, 0.15) is 35.1 Å². The van der Waals surface area contributed by atoms with Crippen LogP contribution in [0.25, 0.3) is 22.2 Å². The second-order valence-electron chi connectivity index (χ2n) is 7.41. The monoisotopic (exact) mass is 567 g/mol. The van der Waals surface area contributed by atoms with Crippen molar-refractivity contribution >= 4 is 38.5 Å². The number of fused-ring (bicyclic) bond motifs is 1. The van der Waals surface area contributed by atoms with Gasteiger partial charge in [-0.05, 0) is 35.0 Å². The Labute approximate surface area is 207 Å². The lowest BCUT2D eigenvalue weighted by Crippen LogP contribution is -2.10. The van der Waals surface area contributed by atoms with Crippen LogP contribution in [0.15, 0.2) is 58.5 Å². The van der Waals surface area contributed by atoms with E-state index in [0.717, 1.165) is 18.5 Å². The maximum absolute atomic E-state index is 14.0. The number of nitrogens with two attached hydrogens (primary N) is 1. The van der Waals surface area contributed by atoms with Crippen molar-refractivity contribution in [3.05, 3.63) is 70.9 Å². The van der Waals surface area contributed by atoms with Crippen molar-refractivity contribution in [3.63, 3.8) is 0 Å². The summed E-state index contributed by atoms with van der Waals surface area (Å²) in [5, 5.41) is 6.46. The van der Waals surface area contributed by atoms with Crippen LogP contribution in [0.3, 0.4) is 0 Å². The molecule has 4 N–H and O–H groups in total. The van der Waals surface area contributed by atoms with Crippen LogP contribution in [0.2, 0.25) is 0 Å². The predicted molar refractivity (Wildman–Crippen MR) is 124 cm³/mol. The average Bonchev–Trinajstić information content (AvgIpc) is 3.13. The summed E-state index contributed by atoms with van der Waals surface area (Å²) in [6.45, 7) is 1.65. The van der Waals surface area contributed by atoms with Crippen molar-refractivity contribution in [2.75, 3.05) is 11.1 Å². The summed E-state index contributed by atoms with van der Waals surface area (Å²) < 4.78 is 67.9. The van der Waals surface area contributed by atoms with Crippen molar-refractivity contribution in [1.82, 2.24) is 24.5 Å². The van der Waals surface area contributed by atoms with Crippen LogP contribution in [0.5, 0.6) is 0 Å². The number of halogens is 6. The van der Waals surface area contributed by atoms with E-state index >= 15 is 0 Å². The van der Waals surface area contributed by atoms with E-state index < -0.39 is 29.7 Å². The second kappa shape index (κ2) is 9.56. The molecule has 4 rings (SSSR count). The lowest BCUT2D eigenvalue weighted by Gasteiger charge is -2.17. The van der Waals surface area contributed by atoms with Gasteiger partial charge in [0.15, 0.2) is 0 Å². The molecular weight excluding hydrogens is 553 g/mol. The molecule has 0 saturated carbocycles. The van der Waals surface area contributed by atoms with Crippen molar-refractivity contribution in [2.45, 2.75) is 19.1 Å². The predicted octanol–water partition coefficient (Wildman–Crippen LogP) is 6.08. The average molecular weight is 568 g/mol. The van der Waals surface area contributed by atoms with Gasteiger partial charge in [-0.25, -0.2) is 34.2 Å². The number of hydrogen-bond acceptors (Lipinski definition) is 8. The molecule has 0 aliphatic heterocycles. The summed E-state index contributed by atoms with van der Waals surface area (Å²) in [7, 11) is 0. The number of nitrogen functional groups attached to an aromatic ring is 1. The molecule has 0 saturated heterocycles. The zero-order valence-electron chi connectivity index (χ0n) is 18.1. The molecule has 0 aliphatic rings. The van der Waals surface area contributed by atoms with Crippen LogP contribution in [0, 0.1) is 17.2 Å². The van der Waals surface area contributed by atoms with E-state index in [0.29, 0.717) is 21.6 Å². The standard InChI is InChI=1S/C21H15BrF5N9/c1-9(14(35-29)7-30-13-3-2-11(23)4-12(13)24)36-17(22)15(16-18(28)33-8-34-19(16)36)10-5-31-20(32-6-10)21(25,26)27/h2-9,29-30H,1H3,(H2,28,33,34)/b14-7-,35-29?. The van der Waals surface area contributed by atoms with Crippen molar-refractivity contribution in [1.29, 1.82) is 5.53 Å². The topological polar surface area (TPSA) is 131 Å². The highest BCUT2D eigenvalue weighted by Crippen LogP contribution is 2.42. The Morgan fingerprint density at radius 2 is 1.89 bits per heavy atom. The number of allylic oxidation sites excluding steroid dienone is 1. The van der Waals surface area contributed by atoms with E-state index in [1.54, 1.807) is 11.5 Å². The lowest BCUT2D eigenvalue weighted by atomic mass is 10.1. The zero-order valence-corrected chi connectivity index (χ0v) is 19.7. The molecule has 15 heteroatoms. The molecule has 0 fully saturated rings. The summed E-state index contributed by atoms with van der Waals surface area (Å²) >= 11 is 3.45. The van der Waals surface area contributed by atoms with Gasteiger partial charge in [0.25, 0.3) is 0 Å².